The number of nitro groups is 1. The van der Waals surface area contributed by atoms with E-state index in [0.29, 0.717) is 19.6 Å². The Morgan fingerprint density at radius 2 is 2.10 bits per heavy atom. The lowest BCUT2D eigenvalue weighted by Crippen LogP contribution is -2.25. The van der Waals surface area contributed by atoms with Crippen molar-refractivity contribution in [3.63, 3.8) is 0 Å². The van der Waals surface area contributed by atoms with Gasteiger partial charge >= 0.3 is 5.69 Å². The minimum atomic E-state index is -0.704. The molecule has 0 fully saturated rings. The number of nitro benzene ring substituents is 1. The van der Waals surface area contributed by atoms with Gasteiger partial charge in [-0.25, -0.2) is 0 Å². The third-order valence-electron chi connectivity index (χ3n) is 2.83. The molecule has 0 unspecified atom stereocenters. The van der Waals surface area contributed by atoms with Crippen molar-refractivity contribution in [1.29, 1.82) is 0 Å². The van der Waals surface area contributed by atoms with E-state index in [2.05, 4.69) is 12.2 Å². The maximum Gasteiger partial charge on any atom is 0.310 e. The van der Waals surface area contributed by atoms with Crippen molar-refractivity contribution in [1.82, 2.24) is 5.32 Å². The van der Waals surface area contributed by atoms with E-state index in [9.17, 15) is 20.0 Å². The largest absolute Gasteiger partial charge is 0.502 e. The molecule has 0 bridgehead atoms. The standard InChI is InChI=1S/C14H20N2O5/c1-2-3-8-21-9-4-7-15-14(18)11-5-6-12(16(19)20)13(17)10-11/h5-6,10,17H,2-4,7-9H2,1H3,(H,15,18). The predicted octanol–water partition coefficient (Wildman–Crippen LogP) is 2.24. The summed E-state index contributed by atoms with van der Waals surface area (Å²) < 4.78 is 5.36. The Labute approximate surface area is 123 Å². The summed E-state index contributed by atoms with van der Waals surface area (Å²) in [5.41, 5.74) is -0.235. The van der Waals surface area contributed by atoms with Gasteiger partial charge in [0.1, 0.15) is 0 Å². The number of hydrogen-bond acceptors (Lipinski definition) is 5. The van der Waals surface area contributed by atoms with Gasteiger partial charge in [0.05, 0.1) is 4.92 Å². The highest BCUT2D eigenvalue weighted by atomic mass is 16.6. The molecule has 0 saturated heterocycles. The number of phenolic OH excluding ortho intramolecular Hbond substituents is 1. The van der Waals surface area contributed by atoms with Crippen molar-refractivity contribution in [3.05, 3.63) is 33.9 Å². The minimum absolute atomic E-state index is 0.185. The van der Waals surface area contributed by atoms with E-state index in [0.717, 1.165) is 31.6 Å². The van der Waals surface area contributed by atoms with E-state index in [1.165, 1.54) is 6.07 Å². The number of phenols is 1. The van der Waals surface area contributed by atoms with Gasteiger partial charge in [-0.3, -0.25) is 14.9 Å². The van der Waals surface area contributed by atoms with Crippen molar-refractivity contribution >= 4 is 11.6 Å². The van der Waals surface area contributed by atoms with E-state index in [1.807, 2.05) is 0 Å². The number of nitrogens with one attached hydrogen (secondary N) is 1. The van der Waals surface area contributed by atoms with Gasteiger partial charge in [-0.05, 0) is 25.0 Å². The Morgan fingerprint density at radius 1 is 1.38 bits per heavy atom. The van der Waals surface area contributed by atoms with Crippen molar-refractivity contribution in [2.75, 3.05) is 19.8 Å². The molecule has 7 heteroatoms. The molecule has 116 valence electrons. The fourth-order valence-corrected chi connectivity index (χ4v) is 1.65. The lowest BCUT2D eigenvalue weighted by atomic mass is 10.2. The summed E-state index contributed by atoms with van der Waals surface area (Å²) in [5, 5.41) is 22.7. The smallest absolute Gasteiger partial charge is 0.310 e. The number of carbonyl (C=O) groups excluding carboxylic acids is 1. The van der Waals surface area contributed by atoms with Crippen LogP contribution in [0, 0.1) is 10.1 Å². The summed E-state index contributed by atoms with van der Waals surface area (Å²) in [6, 6.07) is 3.51. The summed E-state index contributed by atoms with van der Waals surface area (Å²) in [5.74, 6) is -0.899. The fourth-order valence-electron chi connectivity index (χ4n) is 1.65. The highest BCUT2D eigenvalue weighted by Crippen LogP contribution is 2.26. The van der Waals surface area contributed by atoms with Crippen LogP contribution in [0.1, 0.15) is 36.5 Å². The predicted molar refractivity (Wildman–Crippen MR) is 77.4 cm³/mol. The molecule has 0 heterocycles. The van der Waals surface area contributed by atoms with Gasteiger partial charge < -0.3 is 15.2 Å². The first-order chi connectivity index (χ1) is 10.1. The fraction of sp³-hybridized carbons (Fsp3) is 0.500. The van der Waals surface area contributed by atoms with Gasteiger partial charge in [-0.15, -0.1) is 0 Å². The molecular formula is C14H20N2O5. The SMILES string of the molecule is CCCCOCCCNC(=O)c1ccc([N+](=O)[O-])c(O)c1. The highest BCUT2D eigenvalue weighted by molar-refractivity contribution is 5.95. The van der Waals surface area contributed by atoms with Crippen LogP contribution in [0.5, 0.6) is 5.75 Å². The van der Waals surface area contributed by atoms with Gasteiger partial charge in [-0.1, -0.05) is 13.3 Å². The molecule has 0 aliphatic carbocycles. The van der Waals surface area contributed by atoms with Gasteiger partial charge in [0.25, 0.3) is 5.91 Å². The second-order valence-electron chi connectivity index (χ2n) is 4.54. The van der Waals surface area contributed by atoms with E-state index in [-0.39, 0.29) is 11.5 Å². The monoisotopic (exact) mass is 296 g/mol. The number of amides is 1. The second-order valence-corrected chi connectivity index (χ2v) is 4.54. The first-order valence-corrected chi connectivity index (χ1v) is 6.89. The molecule has 1 aromatic rings. The Morgan fingerprint density at radius 3 is 2.71 bits per heavy atom. The molecule has 7 nitrogen and oxygen atoms in total. The van der Waals surface area contributed by atoms with Crippen LogP contribution in [0.25, 0.3) is 0 Å². The van der Waals surface area contributed by atoms with Crippen molar-refractivity contribution in [2.24, 2.45) is 0 Å². The van der Waals surface area contributed by atoms with Crippen LogP contribution in [0.2, 0.25) is 0 Å². The molecular weight excluding hydrogens is 276 g/mol. The average Bonchev–Trinajstić information content (AvgIpc) is 2.45. The zero-order valence-corrected chi connectivity index (χ0v) is 12.0. The number of nitrogens with zero attached hydrogens (tertiary/aromatic N) is 1. The lowest BCUT2D eigenvalue weighted by molar-refractivity contribution is -0.385. The van der Waals surface area contributed by atoms with E-state index < -0.39 is 16.4 Å². The molecule has 21 heavy (non-hydrogen) atoms. The molecule has 1 aromatic carbocycles. The van der Waals surface area contributed by atoms with Gasteiger partial charge in [0, 0.05) is 31.4 Å². The number of benzene rings is 1. The van der Waals surface area contributed by atoms with Crippen LogP contribution in [0.15, 0.2) is 18.2 Å². The molecule has 0 atom stereocenters. The molecule has 0 saturated carbocycles. The van der Waals surface area contributed by atoms with Crippen LogP contribution in [0.4, 0.5) is 5.69 Å². The van der Waals surface area contributed by atoms with Crippen LogP contribution in [0.3, 0.4) is 0 Å². The molecule has 0 spiro atoms. The Bertz CT molecular complexity index is 490. The molecule has 1 amide bonds. The third-order valence-corrected chi connectivity index (χ3v) is 2.83. The number of aromatic hydroxyl groups is 1. The van der Waals surface area contributed by atoms with Crippen LogP contribution >= 0.6 is 0 Å². The first-order valence-electron chi connectivity index (χ1n) is 6.89. The Balaban J connectivity index is 2.35. The first kappa shape index (κ1) is 16.9. The molecule has 0 aromatic heterocycles. The van der Waals surface area contributed by atoms with E-state index >= 15 is 0 Å². The topological polar surface area (TPSA) is 102 Å². The number of hydrogen-bond donors (Lipinski definition) is 2. The molecule has 0 aliphatic rings. The zero-order valence-electron chi connectivity index (χ0n) is 12.0. The summed E-state index contributed by atoms with van der Waals surface area (Å²) in [7, 11) is 0. The molecule has 0 aliphatic heterocycles. The van der Waals surface area contributed by atoms with Gasteiger partial charge in [-0.2, -0.15) is 0 Å². The van der Waals surface area contributed by atoms with Crippen molar-refractivity contribution in [2.45, 2.75) is 26.2 Å². The third kappa shape index (κ3) is 5.78. The molecule has 2 N–H and O–H groups in total. The Kier molecular flexibility index (Phi) is 7.17. The lowest BCUT2D eigenvalue weighted by Gasteiger charge is -2.06. The number of unbranched alkanes of at least 4 members (excludes halogenated alkanes) is 1. The minimum Gasteiger partial charge on any atom is -0.502 e. The van der Waals surface area contributed by atoms with Crippen LogP contribution in [-0.4, -0.2) is 35.7 Å². The number of rotatable bonds is 9. The van der Waals surface area contributed by atoms with E-state index in [4.69, 9.17) is 4.74 Å². The highest BCUT2D eigenvalue weighted by Gasteiger charge is 2.15. The summed E-state index contributed by atoms with van der Waals surface area (Å²) in [6.07, 6.45) is 2.79. The maximum absolute atomic E-state index is 11.8. The van der Waals surface area contributed by atoms with Crippen LogP contribution in [-0.2, 0) is 4.74 Å². The molecule has 0 radical (unpaired) electrons. The van der Waals surface area contributed by atoms with Crippen molar-refractivity contribution in [3.8, 4) is 5.75 Å². The summed E-state index contributed by atoms with van der Waals surface area (Å²) in [6.45, 7) is 3.83. The summed E-state index contributed by atoms with van der Waals surface area (Å²) in [4.78, 5) is 21.6. The number of ether oxygens (including phenoxy) is 1. The molecule has 1 rings (SSSR count). The van der Waals surface area contributed by atoms with Crippen molar-refractivity contribution < 1.29 is 19.6 Å². The van der Waals surface area contributed by atoms with Crippen LogP contribution < -0.4 is 5.32 Å². The second kappa shape index (κ2) is 8.91. The van der Waals surface area contributed by atoms with Gasteiger partial charge in [0.15, 0.2) is 5.75 Å². The van der Waals surface area contributed by atoms with E-state index in [1.54, 1.807) is 0 Å². The Hall–Kier alpha value is -2.15. The normalized spacial score (nSPS) is 10.3. The maximum atomic E-state index is 11.8. The van der Waals surface area contributed by atoms with Gasteiger partial charge in [0.2, 0.25) is 0 Å². The number of carbonyl (C=O) groups is 1. The average molecular weight is 296 g/mol. The zero-order chi connectivity index (χ0) is 15.7. The quantitative estimate of drug-likeness (QED) is 0.413. The summed E-state index contributed by atoms with van der Waals surface area (Å²) >= 11 is 0.